The third-order valence-electron chi connectivity index (χ3n) is 6.28. The zero-order chi connectivity index (χ0) is 28.6. The molecule has 5 aromatic rings. The standard InChI is InChI=1S/C31H27N5O5/c37-28(38)27(35-31(40)41-19-20-9-3-1-4-10-20)18-21-15-16-23(22-11-5-2-6-12-22)26(17-21)34-30(39)36-29-32-24-13-7-8-14-25(24)33-29/h1-17,27H,18-19H2,(H,35,40)(H,37,38)(H3,32,33,34,36,39). The highest BCUT2D eigenvalue weighted by Crippen LogP contribution is 2.30. The number of carbonyl (C=O) groups excluding carboxylic acids is 2. The van der Waals surface area contributed by atoms with E-state index in [2.05, 4.69) is 25.9 Å². The Morgan fingerprint density at radius 1 is 0.829 bits per heavy atom. The molecule has 10 nitrogen and oxygen atoms in total. The van der Waals surface area contributed by atoms with Crippen LogP contribution in [0.25, 0.3) is 22.2 Å². The number of hydrogen-bond acceptors (Lipinski definition) is 5. The van der Waals surface area contributed by atoms with E-state index in [0.29, 0.717) is 16.8 Å². The number of hydrogen-bond donors (Lipinski definition) is 5. The largest absolute Gasteiger partial charge is 0.480 e. The van der Waals surface area contributed by atoms with Crippen molar-refractivity contribution < 1.29 is 24.2 Å². The number of fused-ring (bicyclic) bond motifs is 1. The number of aliphatic carboxylic acids is 1. The van der Waals surface area contributed by atoms with Crippen molar-refractivity contribution >= 4 is 40.8 Å². The summed E-state index contributed by atoms with van der Waals surface area (Å²) >= 11 is 0. The molecule has 0 saturated heterocycles. The van der Waals surface area contributed by atoms with E-state index in [1.807, 2.05) is 72.8 Å². The number of imidazole rings is 1. The number of H-pyrrole nitrogens is 1. The number of alkyl carbamates (subject to hydrolysis) is 1. The van der Waals surface area contributed by atoms with E-state index in [1.165, 1.54) is 0 Å². The summed E-state index contributed by atoms with van der Waals surface area (Å²) in [6, 6.07) is 29.4. The molecule has 1 aromatic heterocycles. The Morgan fingerprint density at radius 2 is 1.54 bits per heavy atom. The molecule has 10 heteroatoms. The van der Waals surface area contributed by atoms with Gasteiger partial charge in [-0.25, -0.2) is 19.4 Å². The van der Waals surface area contributed by atoms with Gasteiger partial charge in [0.2, 0.25) is 5.95 Å². The van der Waals surface area contributed by atoms with E-state index in [1.54, 1.807) is 30.3 Å². The Hall–Kier alpha value is -5.64. The molecule has 1 atom stereocenters. The van der Waals surface area contributed by atoms with Gasteiger partial charge in [0, 0.05) is 12.0 Å². The van der Waals surface area contributed by atoms with Gasteiger partial charge < -0.3 is 25.5 Å². The first-order valence-corrected chi connectivity index (χ1v) is 12.9. The zero-order valence-electron chi connectivity index (χ0n) is 21.8. The van der Waals surface area contributed by atoms with E-state index < -0.39 is 24.1 Å². The molecule has 41 heavy (non-hydrogen) atoms. The fourth-order valence-electron chi connectivity index (χ4n) is 4.31. The lowest BCUT2D eigenvalue weighted by Gasteiger charge is -2.17. The van der Waals surface area contributed by atoms with Crippen LogP contribution >= 0.6 is 0 Å². The number of ether oxygens (including phenoxy) is 1. The van der Waals surface area contributed by atoms with E-state index in [-0.39, 0.29) is 19.0 Å². The van der Waals surface area contributed by atoms with Crippen molar-refractivity contribution in [3.63, 3.8) is 0 Å². The minimum atomic E-state index is -1.25. The summed E-state index contributed by atoms with van der Waals surface area (Å²) in [4.78, 5) is 44.7. The smallest absolute Gasteiger partial charge is 0.408 e. The maximum atomic E-state index is 13.0. The number of nitrogens with one attached hydrogen (secondary N) is 4. The zero-order valence-corrected chi connectivity index (χ0v) is 21.8. The summed E-state index contributed by atoms with van der Waals surface area (Å²) in [5, 5.41) is 17.8. The first-order chi connectivity index (χ1) is 19.9. The van der Waals surface area contributed by atoms with Gasteiger partial charge in [0.1, 0.15) is 12.6 Å². The normalized spacial score (nSPS) is 11.4. The van der Waals surface area contributed by atoms with Gasteiger partial charge in [0.25, 0.3) is 0 Å². The molecule has 4 aromatic carbocycles. The Balaban J connectivity index is 1.32. The lowest BCUT2D eigenvalue weighted by Crippen LogP contribution is -2.42. The highest BCUT2D eigenvalue weighted by atomic mass is 16.5. The minimum Gasteiger partial charge on any atom is -0.480 e. The maximum absolute atomic E-state index is 13.0. The summed E-state index contributed by atoms with van der Waals surface area (Å²) < 4.78 is 5.19. The predicted molar refractivity (Wildman–Crippen MR) is 156 cm³/mol. The fourth-order valence-corrected chi connectivity index (χ4v) is 4.31. The van der Waals surface area contributed by atoms with Crippen LogP contribution in [0.15, 0.2) is 103 Å². The summed E-state index contributed by atoms with van der Waals surface area (Å²) in [6.45, 7) is 0.0131. The van der Waals surface area contributed by atoms with Crippen molar-refractivity contribution in [2.24, 2.45) is 0 Å². The molecule has 5 rings (SSSR count). The van der Waals surface area contributed by atoms with Gasteiger partial charge in [-0.05, 0) is 34.9 Å². The second kappa shape index (κ2) is 12.5. The summed E-state index contributed by atoms with van der Waals surface area (Å²) in [7, 11) is 0. The van der Waals surface area contributed by atoms with Crippen LogP contribution in [-0.2, 0) is 22.6 Å². The quantitative estimate of drug-likeness (QED) is 0.157. The number of carbonyl (C=O) groups is 3. The minimum absolute atomic E-state index is 0.0131. The summed E-state index contributed by atoms with van der Waals surface area (Å²) in [6.07, 6.45) is -0.879. The van der Waals surface area contributed by atoms with Crippen LogP contribution in [0.1, 0.15) is 11.1 Å². The van der Waals surface area contributed by atoms with Gasteiger partial charge in [-0.3, -0.25) is 5.32 Å². The summed E-state index contributed by atoms with van der Waals surface area (Å²) in [5.74, 6) is -0.934. The number of rotatable bonds is 9. The molecular weight excluding hydrogens is 522 g/mol. The molecule has 0 spiro atoms. The predicted octanol–water partition coefficient (Wildman–Crippen LogP) is 5.80. The van der Waals surface area contributed by atoms with Gasteiger partial charge in [-0.15, -0.1) is 0 Å². The third-order valence-corrected chi connectivity index (χ3v) is 6.28. The van der Waals surface area contributed by atoms with E-state index in [4.69, 9.17) is 4.74 Å². The van der Waals surface area contributed by atoms with Gasteiger partial charge in [-0.1, -0.05) is 84.9 Å². The van der Waals surface area contributed by atoms with Crippen molar-refractivity contribution in [1.82, 2.24) is 15.3 Å². The second-order valence-corrected chi connectivity index (χ2v) is 9.23. The number of anilines is 2. The molecule has 1 unspecified atom stereocenters. The number of aromatic nitrogens is 2. The van der Waals surface area contributed by atoms with E-state index >= 15 is 0 Å². The maximum Gasteiger partial charge on any atom is 0.408 e. The van der Waals surface area contributed by atoms with Crippen molar-refractivity contribution in [3.8, 4) is 11.1 Å². The van der Waals surface area contributed by atoms with Crippen LogP contribution in [0.4, 0.5) is 21.2 Å². The molecule has 3 amide bonds. The van der Waals surface area contributed by atoms with Crippen molar-refractivity contribution in [2.45, 2.75) is 19.1 Å². The molecule has 0 aliphatic rings. The molecule has 0 aliphatic heterocycles. The van der Waals surface area contributed by atoms with Crippen LogP contribution in [-0.4, -0.2) is 39.2 Å². The number of para-hydroxylation sites is 2. The van der Waals surface area contributed by atoms with Crippen LogP contribution in [0.5, 0.6) is 0 Å². The topological polar surface area (TPSA) is 145 Å². The molecule has 206 valence electrons. The number of aromatic amines is 1. The third kappa shape index (κ3) is 7.07. The molecule has 0 bridgehead atoms. The number of benzene rings is 4. The number of nitrogens with zero attached hydrogens (tertiary/aromatic N) is 1. The van der Waals surface area contributed by atoms with Crippen LogP contribution in [0.3, 0.4) is 0 Å². The number of carboxylic acid groups (broad SMARTS) is 1. The van der Waals surface area contributed by atoms with Crippen LogP contribution in [0.2, 0.25) is 0 Å². The number of urea groups is 1. The van der Waals surface area contributed by atoms with Crippen molar-refractivity contribution in [2.75, 3.05) is 10.6 Å². The molecule has 0 radical (unpaired) electrons. The van der Waals surface area contributed by atoms with Gasteiger partial charge >= 0.3 is 18.1 Å². The lowest BCUT2D eigenvalue weighted by atomic mass is 9.98. The first-order valence-electron chi connectivity index (χ1n) is 12.9. The Labute approximate surface area is 235 Å². The Kier molecular flexibility index (Phi) is 8.20. The first kappa shape index (κ1) is 26.9. The van der Waals surface area contributed by atoms with E-state index in [9.17, 15) is 19.5 Å². The fraction of sp³-hybridized carbons (Fsp3) is 0.0968. The average Bonchev–Trinajstić information content (AvgIpc) is 3.39. The molecular formula is C31H27N5O5. The Morgan fingerprint density at radius 3 is 2.27 bits per heavy atom. The Bertz CT molecular complexity index is 1640. The molecule has 0 aliphatic carbocycles. The molecule has 0 saturated carbocycles. The lowest BCUT2D eigenvalue weighted by molar-refractivity contribution is -0.139. The summed E-state index contributed by atoms with van der Waals surface area (Å²) in [5.41, 5.74) is 4.90. The van der Waals surface area contributed by atoms with Crippen molar-refractivity contribution in [1.29, 1.82) is 0 Å². The molecule has 1 heterocycles. The molecule has 5 N–H and O–H groups in total. The van der Waals surface area contributed by atoms with Gasteiger partial charge in [0.15, 0.2) is 0 Å². The van der Waals surface area contributed by atoms with Crippen molar-refractivity contribution in [3.05, 3.63) is 114 Å². The van der Waals surface area contributed by atoms with Crippen LogP contribution < -0.4 is 16.0 Å². The highest BCUT2D eigenvalue weighted by molar-refractivity contribution is 6.02. The van der Waals surface area contributed by atoms with Gasteiger partial charge in [-0.2, -0.15) is 0 Å². The van der Waals surface area contributed by atoms with E-state index in [0.717, 1.165) is 22.2 Å². The second-order valence-electron chi connectivity index (χ2n) is 9.23. The number of amides is 3. The SMILES string of the molecule is O=C(Nc1nc2ccccc2[nH]1)Nc1cc(CC(NC(=O)OCc2ccccc2)C(=O)O)ccc1-c1ccccc1. The van der Waals surface area contributed by atoms with Gasteiger partial charge in [0.05, 0.1) is 16.7 Å². The molecule has 0 fully saturated rings. The highest BCUT2D eigenvalue weighted by Gasteiger charge is 2.22. The average molecular weight is 550 g/mol. The van der Waals surface area contributed by atoms with Crippen LogP contribution in [0, 0.1) is 0 Å². The monoisotopic (exact) mass is 549 g/mol. The number of carboxylic acids is 1.